The molecule has 6 heteroatoms. The standard InChI is InChI=1S/C11H22N2O3S/c1-3-11(14)10(12-4-2)9-13-5-7-17(15,16)8-6-13/h10,12H,3-9H2,1-2H3. The number of nitrogens with one attached hydrogen (secondary N) is 1. The number of hydrogen-bond acceptors (Lipinski definition) is 5. The molecule has 0 bridgehead atoms. The van der Waals surface area contributed by atoms with Crippen LogP contribution >= 0.6 is 0 Å². The van der Waals surface area contributed by atoms with Gasteiger partial charge in [-0.05, 0) is 6.54 Å². The summed E-state index contributed by atoms with van der Waals surface area (Å²) in [6.45, 7) is 6.28. The van der Waals surface area contributed by atoms with Crippen molar-refractivity contribution in [3.8, 4) is 0 Å². The molecule has 0 aliphatic carbocycles. The molecule has 0 aromatic rings. The fourth-order valence-corrected chi connectivity index (χ4v) is 3.24. The van der Waals surface area contributed by atoms with Crippen LogP contribution in [-0.2, 0) is 14.6 Å². The van der Waals surface area contributed by atoms with Crippen LogP contribution in [0.25, 0.3) is 0 Å². The quantitative estimate of drug-likeness (QED) is 0.710. The predicted molar refractivity (Wildman–Crippen MR) is 67.9 cm³/mol. The zero-order valence-corrected chi connectivity index (χ0v) is 11.4. The van der Waals surface area contributed by atoms with E-state index < -0.39 is 9.84 Å². The van der Waals surface area contributed by atoms with Crippen LogP contribution in [0.2, 0.25) is 0 Å². The van der Waals surface area contributed by atoms with Crippen molar-refractivity contribution in [2.24, 2.45) is 0 Å². The lowest BCUT2D eigenvalue weighted by molar-refractivity contribution is -0.121. The van der Waals surface area contributed by atoms with Crippen LogP contribution in [-0.4, -0.2) is 62.8 Å². The van der Waals surface area contributed by atoms with Gasteiger partial charge < -0.3 is 5.32 Å². The lowest BCUT2D eigenvalue weighted by Crippen LogP contribution is -2.50. The molecule has 1 N–H and O–H groups in total. The number of rotatable bonds is 6. The van der Waals surface area contributed by atoms with E-state index in [0.29, 0.717) is 26.1 Å². The van der Waals surface area contributed by atoms with E-state index in [0.717, 1.165) is 6.54 Å². The summed E-state index contributed by atoms with van der Waals surface area (Å²) in [6, 6.07) is -0.161. The first kappa shape index (κ1) is 14.6. The maximum absolute atomic E-state index is 11.7. The highest BCUT2D eigenvalue weighted by Gasteiger charge is 2.25. The van der Waals surface area contributed by atoms with Gasteiger partial charge in [-0.15, -0.1) is 0 Å². The van der Waals surface area contributed by atoms with Crippen LogP contribution < -0.4 is 5.32 Å². The van der Waals surface area contributed by atoms with Crippen LogP contribution in [0.4, 0.5) is 0 Å². The summed E-state index contributed by atoms with van der Waals surface area (Å²) < 4.78 is 22.6. The van der Waals surface area contributed by atoms with E-state index in [4.69, 9.17) is 0 Å². The van der Waals surface area contributed by atoms with Crippen molar-refractivity contribution in [2.45, 2.75) is 26.3 Å². The second-order valence-electron chi connectivity index (χ2n) is 4.38. The third kappa shape index (κ3) is 4.73. The first-order valence-corrected chi connectivity index (χ1v) is 7.99. The van der Waals surface area contributed by atoms with Crippen LogP contribution in [0, 0.1) is 0 Å². The van der Waals surface area contributed by atoms with E-state index in [1.54, 1.807) is 0 Å². The molecule has 0 radical (unpaired) electrons. The first-order valence-electron chi connectivity index (χ1n) is 6.17. The van der Waals surface area contributed by atoms with E-state index in [9.17, 15) is 13.2 Å². The van der Waals surface area contributed by atoms with Crippen molar-refractivity contribution in [3.05, 3.63) is 0 Å². The molecule has 1 atom stereocenters. The van der Waals surface area contributed by atoms with Gasteiger partial charge in [0, 0.05) is 26.1 Å². The number of nitrogens with zero attached hydrogens (tertiary/aromatic N) is 1. The zero-order chi connectivity index (χ0) is 12.9. The molecule has 0 aromatic heterocycles. The predicted octanol–water partition coefficient (Wildman–Crippen LogP) is -0.326. The molecule has 5 nitrogen and oxygen atoms in total. The van der Waals surface area contributed by atoms with Gasteiger partial charge in [0.25, 0.3) is 0 Å². The van der Waals surface area contributed by atoms with E-state index in [1.165, 1.54) is 0 Å². The molecular weight excluding hydrogens is 240 g/mol. The van der Waals surface area contributed by atoms with E-state index in [1.807, 2.05) is 13.8 Å². The molecule has 1 heterocycles. The van der Waals surface area contributed by atoms with Crippen molar-refractivity contribution < 1.29 is 13.2 Å². The Hall–Kier alpha value is -0.460. The molecule has 1 fully saturated rings. The minimum absolute atomic E-state index is 0.161. The minimum atomic E-state index is -2.84. The summed E-state index contributed by atoms with van der Waals surface area (Å²) in [5, 5.41) is 3.16. The van der Waals surface area contributed by atoms with E-state index >= 15 is 0 Å². The molecule has 100 valence electrons. The Balaban J connectivity index is 2.48. The number of ketones is 1. The second kappa shape index (κ2) is 6.47. The van der Waals surface area contributed by atoms with Gasteiger partial charge >= 0.3 is 0 Å². The summed E-state index contributed by atoms with van der Waals surface area (Å²) in [4.78, 5) is 13.8. The average Bonchev–Trinajstić information content (AvgIpc) is 2.30. The molecule has 0 spiro atoms. The molecule has 1 unspecified atom stereocenters. The highest BCUT2D eigenvalue weighted by Crippen LogP contribution is 2.05. The number of sulfone groups is 1. The molecule has 0 aromatic carbocycles. The Morgan fingerprint density at radius 3 is 2.35 bits per heavy atom. The van der Waals surface area contributed by atoms with Crippen molar-refractivity contribution in [2.75, 3.05) is 37.7 Å². The van der Waals surface area contributed by atoms with E-state index in [-0.39, 0.29) is 23.3 Å². The topological polar surface area (TPSA) is 66.5 Å². The maximum Gasteiger partial charge on any atom is 0.152 e. The molecule has 1 aliphatic heterocycles. The van der Waals surface area contributed by atoms with Gasteiger partial charge in [0.2, 0.25) is 0 Å². The van der Waals surface area contributed by atoms with Crippen LogP contribution in [0.5, 0.6) is 0 Å². The van der Waals surface area contributed by atoms with Gasteiger partial charge in [-0.1, -0.05) is 13.8 Å². The molecule has 1 aliphatic rings. The van der Waals surface area contributed by atoms with Gasteiger partial charge in [0.15, 0.2) is 15.6 Å². The second-order valence-corrected chi connectivity index (χ2v) is 6.69. The Morgan fingerprint density at radius 1 is 1.29 bits per heavy atom. The molecule has 0 amide bonds. The van der Waals surface area contributed by atoms with Gasteiger partial charge in [0.1, 0.15) is 0 Å². The zero-order valence-electron chi connectivity index (χ0n) is 10.6. The number of Topliss-reactive ketones (excluding diaryl/α,β-unsaturated/α-hetero) is 1. The fourth-order valence-electron chi connectivity index (χ4n) is 1.96. The third-order valence-corrected chi connectivity index (χ3v) is 4.67. The largest absolute Gasteiger partial charge is 0.307 e. The Kier molecular flexibility index (Phi) is 5.55. The fraction of sp³-hybridized carbons (Fsp3) is 0.909. The molecule has 1 saturated heterocycles. The molecule has 1 rings (SSSR count). The maximum atomic E-state index is 11.7. The lowest BCUT2D eigenvalue weighted by atomic mass is 10.1. The average molecular weight is 262 g/mol. The van der Waals surface area contributed by atoms with Crippen LogP contribution in [0.3, 0.4) is 0 Å². The van der Waals surface area contributed by atoms with Gasteiger partial charge in [-0.2, -0.15) is 0 Å². The summed E-state index contributed by atoms with van der Waals surface area (Å²) >= 11 is 0. The number of hydrogen-bond donors (Lipinski definition) is 1. The van der Waals surface area contributed by atoms with Gasteiger partial charge in [-0.3, -0.25) is 9.69 Å². The number of carbonyl (C=O) groups is 1. The number of likely N-dealkylation sites (N-methyl/N-ethyl adjacent to an activating group) is 1. The Morgan fingerprint density at radius 2 is 1.88 bits per heavy atom. The van der Waals surface area contributed by atoms with Crippen molar-refractivity contribution in [3.63, 3.8) is 0 Å². The Labute approximate surface area is 103 Å². The molecular formula is C11H22N2O3S. The minimum Gasteiger partial charge on any atom is -0.307 e. The highest BCUT2D eigenvalue weighted by molar-refractivity contribution is 7.91. The summed E-state index contributed by atoms with van der Waals surface area (Å²) in [6.07, 6.45) is 0.518. The number of carbonyl (C=O) groups excluding carboxylic acids is 1. The monoisotopic (exact) mass is 262 g/mol. The summed E-state index contributed by atoms with van der Waals surface area (Å²) in [5.41, 5.74) is 0. The van der Waals surface area contributed by atoms with Gasteiger partial charge in [-0.25, -0.2) is 8.42 Å². The highest BCUT2D eigenvalue weighted by atomic mass is 32.2. The smallest absolute Gasteiger partial charge is 0.152 e. The van der Waals surface area contributed by atoms with E-state index in [2.05, 4.69) is 10.2 Å². The molecule has 17 heavy (non-hydrogen) atoms. The van der Waals surface area contributed by atoms with Gasteiger partial charge in [0.05, 0.1) is 17.5 Å². The van der Waals surface area contributed by atoms with Crippen LogP contribution in [0.15, 0.2) is 0 Å². The van der Waals surface area contributed by atoms with Crippen molar-refractivity contribution in [1.82, 2.24) is 10.2 Å². The molecule has 0 saturated carbocycles. The lowest BCUT2D eigenvalue weighted by Gasteiger charge is -2.30. The SMILES string of the molecule is CCNC(CN1CCS(=O)(=O)CC1)C(=O)CC. The van der Waals surface area contributed by atoms with Crippen LogP contribution in [0.1, 0.15) is 20.3 Å². The normalized spacial score (nSPS) is 22.2. The Bertz CT molecular complexity index is 340. The summed E-state index contributed by atoms with van der Waals surface area (Å²) in [5.74, 6) is 0.624. The van der Waals surface area contributed by atoms with Crippen molar-refractivity contribution >= 4 is 15.6 Å². The summed E-state index contributed by atoms with van der Waals surface area (Å²) in [7, 11) is -2.84. The van der Waals surface area contributed by atoms with Crippen molar-refractivity contribution in [1.29, 1.82) is 0 Å². The third-order valence-electron chi connectivity index (χ3n) is 3.07. The first-order chi connectivity index (χ1) is 7.98.